The van der Waals surface area contributed by atoms with Crippen molar-refractivity contribution >= 4 is 0 Å². The lowest BCUT2D eigenvalue weighted by atomic mass is 9.85. The van der Waals surface area contributed by atoms with E-state index < -0.39 is 29.1 Å². The van der Waals surface area contributed by atoms with Crippen LogP contribution in [0.1, 0.15) is 18.3 Å². The molecule has 1 aliphatic heterocycles. The van der Waals surface area contributed by atoms with Gasteiger partial charge in [0.25, 0.3) is 0 Å². The Morgan fingerprint density at radius 2 is 1.94 bits per heavy atom. The largest absolute Gasteiger partial charge is 0.381 e. The molecule has 0 amide bonds. The topological polar surface area (TPSA) is 97.8 Å². The van der Waals surface area contributed by atoms with Crippen molar-refractivity contribution in [3.63, 3.8) is 0 Å². The summed E-state index contributed by atoms with van der Waals surface area (Å²) in [6, 6.07) is 3.80. The third-order valence-electron chi connectivity index (χ3n) is 6.16. The summed E-state index contributed by atoms with van der Waals surface area (Å²) in [5, 5.41) is 20.3. The Morgan fingerprint density at radius 1 is 1.09 bits per heavy atom. The number of fused-ring (bicyclic) bond motifs is 1. The van der Waals surface area contributed by atoms with Gasteiger partial charge in [-0.05, 0) is 19.1 Å². The van der Waals surface area contributed by atoms with Gasteiger partial charge in [-0.15, -0.1) is 0 Å². The Hall–Kier alpha value is -3.64. The molecule has 1 N–H and O–H groups in total. The minimum atomic E-state index is -1.76. The van der Waals surface area contributed by atoms with Crippen molar-refractivity contribution in [2.75, 3.05) is 6.54 Å². The predicted molar refractivity (Wildman–Crippen MR) is 113 cm³/mol. The molecule has 34 heavy (non-hydrogen) atoms. The zero-order chi connectivity index (χ0) is 23.9. The molecule has 5 rings (SSSR count). The quantitative estimate of drug-likeness (QED) is 0.461. The molecule has 0 fully saturated rings. The smallest absolute Gasteiger partial charge is 0.183 e. The first kappa shape index (κ1) is 22.2. The van der Waals surface area contributed by atoms with Crippen LogP contribution in [-0.4, -0.2) is 57.1 Å². The van der Waals surface area contributed by atoms with Gasteiger partial charge in [0.2, 0.25) is 0 Å². The standard InChI is InChI=1S/C22H21F3N8O/c1-14(22(34,11-32-13-27-12-28-32)18-3-2-16(23)7-19(18)25)31-4-5-33-20(10-31)29-21(30-33)15-6-17(24)9-26-8-15/h2-3,6-9,12-14,34H,4-5,10-11H2,1H3/t14?,22-/m1/s1. The van der Waals surface area contributed by atoms with Gasteiger partial charge < -0.3 is 5.11 Å². The molecular formula is C22H21F3N8O. The van der Waals surface area contributed by atoms with Gasteiger partial charge in [-0.25, -0.2) is 32.5 Å². The molecule has 0 spiro atoms. The summed E-state index contributed by atoms with van der Waals surface area (Å²) < 4.78 is 45.1. The van der Waals surface area contributed by atoms with E-state index in [4.69, 9.17) is 0 Å². The maximum atomic E-state index is 14.8. The molecule has 9 nitrogen and oxygen atoms in total. The molecule has 0 aliphatic carbocycles. The Balaban J connectivity index is 1.46. The second-order valence-electron chi connectivity index (χ2n) is 8.25. The van der Waals surface area contributed by atoms with Crippen LogP contribution in [0.2, 0.25) is 0 Å². The summed E-state index contributed by atoms with van der Waals surface area (Å²) in [6.45, 7) is 2.92. The van der Waals surface area contributed by atoms with Gasteiger partial charge >= 0.3 is 0 Å². The Kier molecular flexibility index (Phi) is 5.62. The van der Waals surface area contributed by atoms with Crippen LogP contribution in [-0.2, 0) is 25.2 Å². The number of aliphatic hydroxyl groups is 1. The van der Waals surface area contributed by atoms with E-state index in [0.717, 1.165) is 18.3 Å². The molecule has 4 heterocycles. The Bertz CT molecular complexity index is 1310. The van der Waals surface area contributed by atoms with Crippen LogP contribution < -0.4 is 0 Å². The fourth-order valence-electron chi connectivity index (χ4n) is 4.29. The molecule has 1 unspecified atom stereocenters. The lowest BCUT2D eigenvalue weighted by molar-refractivity contribution is -0.0714. The van der Waals surface area contributed by atoms with Gasteiger partial charge in [0.1, 0.15) is 41.5 Å². The molecule has 3 aromatic heterocycles. The van der Waals surface area contributed by atoms with Gasteiger partial charge in [0, 0.05) is 36.0 Å². The summed E-state index contributed by atoms with van der Waals surface area (Å²) in [4.78, 5) is 14.2. The molecule has 2 atom stereocenters. The first-order chi connectivity index (χ1) is 16.3. The third-order valence-corrected chi connectivity index (χ3v) is 6.16. The predicted octanol–water partition coefficient (Wildman–Crippen LogP) is 2.14. The number of rotatable bonds is 6. The lowest BCUT2D eigenvalue weighted by Crippen LogP contribution is -2.53. The summed E-state index contributed by atoms with van der Waals surface area (Å²) in [5.41, 5.74) is -1.35. The van der Waals surface area contributed by atoms with E-state index >= 15 is 0 Å². The number of hydrogen-bond donors (Lipinski definition) is 1. The lowest BCUT2D eigenvalue weighted by Gasteiger charge is -2.42. The Morgan fingerprint density at radius 3 is 2.68 bits per heavy atom. The maximum absolute atomic E-state index is 14.8. The highest BCUT2D eigenvalue weighted by atomic mass is 19.1. The fourth-order valence-corrected chi connectivity index (χ4v) is 4.29. The fraction of sp³-hybridized carbons (Fsp3) is 0.318. The number of pyridine rings is 1. The highest BCUT2D eigenvalue weighted by molar-refractivity contribution is 5.52. The summed E-state index contributed by atoms with van der Waals surface area (Å²) in [7, 11) is 0. The van der Waals surface area contributed by atoms with Crippen LogP contribution in [0.25, 0.3) is 11.4 Å². The summed E-state index contributed by atoms with van der Waals surface area (Å²) in [5.74, 6) is -1.11. The first-order valence-electron chi connectivity index (χ1n) is 10.6. The van der Waals surface area contributed by atoms with E-state index in [1.54, 1.807) is 11.6 Å². The monoisotopic (exact) mass is 470 g/mol. The normalized spacial score (nSPS) is 16.7. The van der Waals surface area contributed by atoms with Crippen molar-refractivity contribution in [3.8, 4) is 11.4 Å². The highest BCUT2D eigenvalue weighted by Crippen LogP contribution is 2.34. The van der Waals surface area contributed by atoms with Crippen molar-refractivity contribution in [2.45, 2.75) is 38.2 Å². The average molecular weight is 470 g/mol. The molecule has 4 aromatic rings. The molecule has 0 saturated carbocycles. The van der Waals surface area contributed by atoms with E-state index in [1.165, 1.54) is 35.7 Å². The minimum absolute atomic E-state index is 0.0459. The molecule has 176 valence electrons. The zero-order valence-corrected chi connectivity index (χ0v) is 18.2. The number of aromatic nitrogens is 7. The second kappa shape index (κ2) is 8.61. The second-order valence-corrected chi connectivity index (χ2v) is 8.25. The van der Waals surface area contributed by atoms with E-state index in [9.17, 15) is 18.3 Å². The molecule has 0 saturated heterocycles. The molecule has 1 aliphatic rings. The average Bonchev–Trinajstić information content (AvgIpc) is 3.47. The molecular weight excluding hydrogens is 449 g/mol. The van der Waals surface area contributed by atoms with Crippen molar-refractivity contribution in [2.24, 2.45) is 0 Å². The van der Waals surface area contributed by atoms with Crippen LogP contribution in [0, 0.1) is 17.5 Å². The van der Waals surface area contributed by atoms with Crippen LogP contribution in [0.5, 0.6) is 0 Å². The van der Waals surface area contributed by atoms with Gasteiger partial charge in [-0.3, -0.25) is 9.88 Å². The van der Waals surface area contributed by atoms with Crippen LogP contribution in [0.15, 0.2) is 49.3 Å². The van der Waals surface area contributed by atoms with E-state index in [0.29, 0.717) is 36.8 Å². The van der Waals surface area contributed by atoms with Crippen molar-refractivity contribution in [1.29, 1.82) is 0 Å². The number of halogens is 3. The van der Waals surface area contributed by atoms with Gasteiger partial charge in [0.15, 0.2) is 5.82 Å². The van der Waals surface area contributed by atoms with Crippen LogP contribution in [0.3, 0.4) is 0 Å². The number of benzene rings is 1. The maximum Gasteiger partial charge on any atom is 0.183 e. The van der Waals surface area contributed by atoms with E-state index in [1.807, 2.05) is 4.90 Å². The van der Waals surface area contributed by atoms with E-state index in [2.05, 4.69) is 25.1 Å². The summed E-state index contributed by atoms with van der Waals surface area (Å²) in [6.07, 6.45) is 5.33. The molecule has 0 radical (unpaired) electrons. The molecule has 12 heteroatoms. The van der Waals surface area contributed by atoms with E-state index in [-0.39, 0.29) is 12.1 Å². The highest BCUT2D eigenvalue weighted by Gasteiger charge is 2.43. The van der Waals surface area contributed by atoms with Crippen molar-refractivity contribution < 1.29 is 18.3 Å². The summed E-state index contributed by atoms with van der Waals surface area (Å²) >= 11 is 0. The molecule has 0 bridgehead atoms. The minimum Gasteiger partial charge on any atom is -0.381 e. The zero-order valence-electron chi connectivity index (χ0n) is 18.2. The van der Waals surface area contributed by atoms with Gasteiger partial charge in [0.05, 0.1) is 25.8 Å². The number of nitrogens with zero attached hydrogens (tertiary/aromatic N) is 8. The van der Waals surface area contributed by atoms with Gasteiger partial charge in [-0.1, -0.05) is 6.07 Å². The first-order valence-corrected chi connectivity index (χ1v) is 10.6. The number of hydrogen-bond acceptors (Lipinski definition) is 7. The SMILES string of the molecule is CC(N1CCn2nc(-c3cncc(F)c3)nc2C1)[C@](O)(Cn1cncn1)c1ccc(F)cc1F. The van der Waals surface area contributed by atoms with Crippen molar-refractivity contribution in [3.05, 3.63) is 78.2 Å². The Labute approximate surface area is 192 Å². The van der Waals surface area contributed by atoms with Crippen LogP contribution >= 0.6 is 0 Å². The van der Waals surface area contributed by atoms with Crippen molar-refractivity contribution in [1.82, 2.24) is 39.4 Å². The van der Waals surface area contributed by atoms with Crippen LogP contribution in [0.4, 0.5) is 13.2 Å². The molecule has 1 aromatic carbocycles. The van der Waals surface area contributed by atoms with Gasteiger partial charge in [-0.2, -0.15) is 10.2 Å². The third kappa shape index (κ3) is 4.05.